The van der Waals surface area contributed by atoms with E-state index in [0.717, 1.165) is 12.0 Å². The Bertz CT molecular complexity index is 351. The van der Waals surface area contributed by atoms with Crippen molar-refractivity contribution in [3.63, 3.8) is 0 Å². The Labute approximate surface area is 101 Å². The molecule has 0 atom stereocenters. The highest BCUT2D eigenvalue weighted by molar-refractivity contribution is 5.69. The molecule has 17 heavy (non-hydrogen) atoms. The van der Waals surface area contributed by atoms with Crippen LogP contribution in [0.1, 0.15) is 18.9 Å². The van der Waals surface area contributed by atoms with Crippen LogP contribution in [0.5, 0.6) is 0 Å². The maximum Gasteiger partial charge on any atom is 0.307 e. The standard InChI is InChI=1S/C13H17NO3/c1-2-17-13(16)8-9-14(11-15)10-12-6-4-3-5-7-12/h3-7,11H,2,8-10H2,1H3. The Hall–Kier alpha value is -1.84. The molecule has 0 bridgehead atoms. The van der Waals surface area contributed by atoms with Crippen LogP contribution in [0.4, 0.5) is 0 Å². The first-order valence-electron chi connectivity index (χ1n) is 5.65. The van der Waals surface area contributed by atoms with Crippen molar-refractivity contribution in [2.45, 2.75) is 19.9 Å². The first kappa shape index (κ1) is 13.2. The van der Waals surface area contributed by atoms with Crippen molar-refractivity contribution in [1.82, 2.24) is 4.90 Å². The predicted molar refractivity (Wildman–Crippen MR) is 64.2 cm³/mol. The van der Waals surface area contributed by atoms with E-state index in [9.17, 15) is 9.59 Å². The van der Waals surface area contributed by atoms with E-state index in [0.29, 0.717) is 19.7 Å². The topological polar surface area (TPSA) is 46.6 Å². The number of carbonyl (C=O) groups is 2. The molecule has 0 radical (unpaired) electrons. The summed E-state index contributed by atoms with van der Waals surface area (Å²) >= 11 is 0. The molecule has 4 heteroatoms. The maximum atomic E-state index is 11.2. The van der Waals surface area contributed by atoms with Gasteiger partial charge in [-0.15, -0.1) is 0 Å². The second kappa shape index (κ2) is 7.44. The van der Waals surface area contributed by atoms with Crippen molar-refractivity contribution in [3.05, 3.63) is 35.9 Å². The molecule has 4 nitrogen and oxygen atoms in total. The largest absolute Gasteiger partial charge is 0.466 e. The zero-order valence-corrected chi connectivity index (χ0v) is 9.96. The highest BCUT2D eigenvalue weighted by atomic mass is 16.5. The first-order chi connectivity index (χ1) is 8.26. The average molecular weight is 235 g/mol. The van der Waals surface area contributed by atoms with Crippen molar-refractivity contribution in [3.8, 4) is 0 Å². The number of ether oxygens (including phenoxy) is 1. The van der Waals surface area contributed by atoms with Gasteiger partial charge in [-0.3, -0.25) is 9.59 Å². The van der Waals surface area contributed by atoms with Gasteiger partial charge in [-0.25, -0.2) is 0 Å². The molecule has 0 aliphatic carbocycles. The number of esters is 1. The molecule has 0 fully saturated rings. The first-order valence-corrected chi connectivity index (χ1v) is 5.65. The predicted octanol–water partition coefficient (Wildman–Crippen LogP) is 1.60. The summed E-state index contributed by atoms with van der Waals surface area (Å²) in [6.45, 7) is 3.04. The van der Waals surface area contributed by atoms with E-state index in [1.807, 2.05) is 30.3 Å². The summed E-state index contributed by atoms with van der Waals surface area (Å²) in [4.78, 5) is 23.6. The number of hydrogen-bond donors (Lipinski definition) is 0. The Kier molecular flexibility index (Phi) is 5.79. The normalized spacial score (nSPS) is 9.71. The Morgan fingerprint density at radius 2 is 2.06 bits per heavy atom. The van der Waals surface area contributed by atoms with Gasteiger partial charge in [0.1, 0.15) is 0 Å². The second-order valence-corrected chi connectivity index (χ2v) is 3.62. The third kappa shape index (κ3) is 5.15. The van der Waals surface area contributed by atoms with Gasteiger partial charge in [0.15, 0.2) is 0 Å². The molecule has 1 rings (SSSR count). The number of hydrogen-bond acceptors (Lipinski definition) is 3. The molecule has 0 spiro atoms. The third-order valence-corrected chi connectivity index (χ3v) is 2.29. The van der Waals surface area contributed by atoms with Crippen LogP contribution >= 0.6 is 0 Å². The zero-order chi connectivity index (χ0) is 12.5. The van der Waals surface area contributed by atoms with Crippen molar-refractivity contribution in [1.29, 1.82) is 0 Å². The molecule has 0 saturated heterocycles. The second-order valence-electron chi connectivity index (χ2n) is 3.62. The van der Waals surface area contributed by atoms with E-state index in [1.54, 1.807) is 11.8 Å². The molecule has 0 unspecified atom stereocenters. The van der Waals surface area contributed by atoms with Gasteiger partial charge in [-0.2, -0.15) is 0 Å². The summed E-state index contributed by atoms with van der Waals surface area (Å²) in [5, 5.41) is 0. The molecular weight excluding hydrogens is 218 g/mol. The monoisotopic (exact) mass is 235 g/mol. The molecule has 0 heterocycles. The van der Waals surface area contributed by atoms with Crippen LogP contribution in [0.2, 0.25) is 0 Å². The zero-order valence-electron chi connectivity index (χ0n) is 9.96. The molecule has 92 valence electrons. The lowest BCUT2D eigenvalue weighted by atomic mass is 10.2. The number of nitrogens with zero attached hydrogens (tertiary/aromatic N) is 1. The van der Waals surface area contributed by atoms with E-state index in [2.05, 4.69) is 0 Å². The van der Waals surface area contributed by atoms with Crippen molar-refractivity contribution in [2.75, 3.05) is 13.2 Å². The van der Waals surface area contributed by atoms with Crippen molar-refractivity contribution in [2.24, 2.45) is 0 Å². The van der Waals surface area contributed by atoms with E-state index in [4.69, 9.17) is 4.74 Å². The number of carbonyl (C=O) groups excluding carboxylic acids is 2. The van der Waals surface area contributed by atoms with Crippen LogP contribution in [0.15, 0.2) is 30.3 Å². The van der Waals surface area contributed by atoms with Gasteiger partial charge >= 0.3 is 5.97 Å². The summed E-state index contributed by atoms with van der Waals surface area (Å²) in [6, 6.07) is 9.66. The van der Waals surface area contributed by atoms with Crippen LogP contribution in [0, 0.1) is 0 Å². The number of rotatable bonds is 7. The van der Waals surface area contributed by atoms with Gasteiger partial charge in [-0.1, -0.05) is 30.3 Å². The van der Waals surface area contributed by atoms with Crippen LogP contribution < -0.4 is 0 Å². The van der Waals surface area contributed by atoms with E-state index < -0.39 is 0 Å². The van der Waals surface area contributed by atoms with Gasteiger partial charge in [0, 0.05) is 13.1 Å². The van der Waals surface area contributed by atoms with Gasteiger partial charge < -0.3 is 9.64 Å². The number of amides is 1. The van der Waals surface area contributed by atoms with Gasteiger partial charge in [0.2, 0.25) is 6.41 Å². The Balaban J connectivity index is 2.39. The van der Waals surface area contributed by atoms with E-state index in [1.165, 1.54) is 0 Å². The minimum atomic E-state index is -0.271. The Morgan fingerprint density at radius 1 is 1.35 bits per heavy atom. The van der Waals surface area contributed by atoms with Gasteiger partial charge in [0.05, 0.1) is 13.0 Å². The summed E-state index contributed by atoms with van der Waals surface area (Å²) in [7, 11) is 0. The fourth-order valence-corrected chi connectivity index (χ4v) is 1.46. The molecular formula is C13H17NO3. The fourth-order valence-electron chi connectivity index (χ4n) is 1.46. The van der Waals surface area contributed by atoms with Gasteiger partial charge in [0.25, 0.3) is 0 Å². The summed E-state index contributed by atoms with van der Waals surface area (Å²) < 4.78 is 4.81. The maximum absolute atomic E-state index is 11.2. The Morgan fingerprint density at radius 3 is 2.65 bits per heavy atom. The lowest BCUT2D eigenvalue weighted by molar-refractivity contribution is -0.143. The fraction of sp³-hybridized carbons (Fsp3) is 0.385. The molecule has 1 amide bonds. The molecule has 0 aliphatic heterocycles. The lowest BCUT2D eigenvalue weighted by Gasteiger charge is -2.16. The summed E-state index contributed by atoms with van der Waals surface area (Å²) in [6.07, 6.45) is 0.992. The summed E-state index contributed by atoms with van der Waals surface area (Å²) in [5.41, 5.74) is 1.04. The van der Waals surface area contributed by atoms with Crippen LogP contribution in [0.25, 0.3) is 0 Å². The van der Waals surface area contributed by atoms with Crippen LogP contribution in [0.3, 0.4) is 0 Å². The molecule has 0 saturated carbocycles. The molecule has 0 aliphatic rings. The highest BCUT2D eigenvalue weighted by Crippen LogP contribution is 2.03. The smallest absolute Gasteiger partial charge is 0.307 e. The quantitative estimate of drug-likeness (QED) is 0.532. The lowest BCUT2D eigenvalue weighted by Crippen LogP contribution is -2.25. The van der Waals surface area contributed by atoms with Gasteiger partial charge in [-0.05, 0) is 12.5 Å². The molecule has 1 aromatic carbocycles. The van der Waals surface area contributed by atoms with E-state index >= 15 is 0 Å². The minimum Gasteiger partial charge on any atom is -0.466 e. The molecule has 0 N–H and O–H groups in total. The minimum absolute atomic E-state index is 0.236. The highest BCUT2D eigenvalue weighted by Gasteiger charge is 2.07. The van der Waals surface area contributed by atoms with Crippen LogP contribution in [-0.4, -0.2) is 30.4 Å². The third-order valence-electron chi connectivity index (χ3n) is 2.29. The van der Waals surface area contributed by atoms with Crippen molar-refractivity contribution >= 4 is 12.4 Å². The SMILES string of the molecule is CCOC(=O)CCN(C=O)Cc1ccccc1. The van der Waals surface area contributed by atoms with Crippen LogP contribution in [-0.2, 0) is 20.9 Å². The number of benzene rings is 1. The summed E-state index contributed by atoms with van der Waals surface area (Å²) in [5.74, 6) is -0.271. The van der Waals surface area contributed by atoms with Crippen molar-refractivity contribution < 1.29 is 14.3 Å². The average Bonchev–Trinajstić information content (AvgIpc) is 2.36. The van der Waals surface area contributed by atoms with E-state index in [-0.39, 0.29) is 12.4 Å². The molecule has 1 aromatic rings. The molecule has 0 aromatic heterocycles.